The van der Waals surface area contributed by atoms with Gasteiger partial charge in [-0.1, -0.05) is 164 Å². The molecule has 4 heterocycles. The Labute approximate surface area is 346 Å². The monoisotopic (exact) mass is 763 g/mol. The SMILES string of the molecule is c1ccc(-c2ccc3ccc4ccc(-c5cccc6c5Oc5cc7c(-c8ccccc8)nc8ccccc8c7cc5C65c6ccccc6-c6ccccc65)nc4c3n2)cc1. The number of para-hydroxylation sites is 2. The Kier molecular flexibility index (Phi) is 6.90. The molecular formula is C56H33N3O. The van der Waals surface area contributed by atoms with Crippen molar-refractivity contribution >= 4 is 43.5 Å². The Balaban J connectivity index is 1.12. The second-order valence-corrected chi connectivity index (χ2v) is 15.8. The van der Waals surface area contributed by atoms with E-state index < -0.39 is 5.41 Å². The molecule has 0 saturated carbocycles. The quantitative estimate of drug-likeness (QED) is 0.168. The molecule has 0 fully saturated rings. The number of hydrogen-bond acceptors (Lipinski definition) is 4. The average Bonchev–Trinajstić information content (AvgIpc) is 3.61. The number of ether oxygens (including phenoxy) is 1. The number of fused-ring (bicyclic) bond motifs is 15. The molecule has 0 saturated heterocycles. The molecule has 1 aliphatic heterocycles. The number of benzene rings is 8. The molecule has 60 heavy (non-hydrogen) atoms. The molecule has 4 nitrogen and oxygen atoms in total. The minimum Gasteiger partial charge on any atom is -0.456 e. The highest BCUT2D eigenvalue weighted by Crippen LogP contribution is 2.64. The smallest absolute Gasteiger partial charge is 0.141 e. The molecule has 0 N–H and O–H groups in total. The van der Waals surface area contributed by atoms with Gasteiger partial charge in [-0.2, -0.15) is 0 Å². The number of hydrogen-bond donors (Lipinski definition) is 0. The van der Waals surface area contributed by atoms with Gasteiger partial charge in [-0.05, 0) is 64.0 Å². The van der Waals surface area contributed by atoms with Crippen molar-refractivity contribution in [1.29, 1.82) is 0 Å². The fraction of sp³-hybridized carbons (Fsp3) is 0.0179. The van der Waals surface area contributed by atoms with E-state index in [1.165, 1.54) is 22.3 Å². The van der Waals surface area contributed by atoms with E-state index >= 15 is 0 Å². The molecule has 13 rings (SSSR count). The maximum absolute atomic E-state index is 7.38. The van der Waals surface area contributed by atoms with Crippen LogP contribution in [-0.2, 0) is 5.41 Å². The van der Waals surface area contributed by atoms with E-state index in [1.54, 1.807) is 0 Å². The van der Waals surface area contributed by atoms with E-state index in [2.05, 4.69) is 194 Å². The van der Waals surface area contributed by atoms with Crippen LogP contribution in [0.25, 0.3) is 88.4 Å². The van der Waals surface area contributed by atoms with Gasteiger partial charge in [-0.25, -0.2) is 15.0 Å². The van der Waals surface area contributed by atoms with Crippen LogP contribution in [-0.4, -0.2) is 15.0 Å². The highest BCUT2D eigenvalue weighted by atomic mass is 16.5. The van der Waals surface area contributed by atoms with Crippen LogP contribution < -0.4 is 4.74 Å². The summed E-state index contributed by atoms with van der Waals surface area (Å²) in [5.41, 5.74) is 14.9. The van der Waals surface area contributed by atoms with E-state index in [-0.39, 0.29) is 0 Å². The van der Waals surface area contributed by atoms with E-state index in [1.807, 2.05) is 6.07 Å². The van der Waals surface area contributed by atoms with Crippen LogP contribution in [0.3, 0.4) is 0 Å². The number of nitrogens with zero attached hydrogens (tertiary/aromatic N) is 3. The van der Waals surface area contributed by atoms with E-state index in [9.17, 15) is 0 Å². The fourth-order valence-electron chi connectivity index (χ4n) is 10.1. The molecule has 4 heteroatoms. The van der Waals surface area contributed by atoms with Gasteiger partial charge in [0.15, 0.2) is 0 Å². The van der Waals surface area contributed by atoms with Crippen molar-refractivity contribution in [3.63, 3.8) is 0 Å². The summed E-state index contributed by atoms with van der Waals surface area (Å²) >= 11 is 0. The van der Waals surface area contributed by atoms with Crippen LogP contribution in [0.2, 0.25) is 0 Å². The van der Waals surface area contributed by atoms with Gasteiger partial charge in [0, 0.05) is 49.4 Å². The first-order valence-corrected chi connectivity index (χ1v) is 20.4. The van der Waals surface area contributed by atoms with Crippen molar-refractivity contribution in [3.8, 4) is 56.4 Å². The summed E-state index contributed by atoms with van der Waals surface area (Å²) in [6, 6.07) is 71.1. The number of aromatic nitrogens is 3. The van der Waals surface area contributed by atoms with Crippen molar-refractivity contribution in [3.05, 3.63) is 222 Å². The predicted octanol–water partition coefficient (Wildman–Crippen LogP) is 14.0. The normalized spacial score (nSPS) is 13.3. The third-order valence-corrected chi connectivity index (χ3v) is 12.7. The third kappa shape index (κ3) is 4.59. The van der Waals surface area contributed by atoms with E-state index in [0.29, 0.717) is 0 Å². The first-order valence-electron chi connectivity index (χ1n) is 20.4. The lowest BCUT2D eigenvalue weighted by molar-refractivity contribution is 0.439. The largest absolute Gasteiger partial charge is 0.456 e. The minimum absolute atomic E-state index is 0.673. The molecule has 2 aliphatic rings. The molecule has 0 amide bonds. The Bertz CT molecular complexity index is 3530. The summed E-state index contributed by atoms with van der Waals surface area (Å²) in [6.45, 7) is 0. The first kappa shape index (κ1) is 33.1. The number of rotatable bonds is 3. The number of pyridine rings is 3. The average molecular weight is 764 g/mol. The summed E-state index contributed by atoms with van der Waals surface area (Å²) < 4.78 is 7.38. The van der Waals surface area contributed by atoms with E-state index in [0.717, 1.165) is 99.9 Å². The van der Waals surface area contributed by atoms with Crippen LogP contribution in [0.15, 0.2) is 200 Å². The Morgan fingerprint density at radius 1 is 0.367 bits per heavy atom. The molecular weight excluding hydrogens is 731 g/mol. The minimum atomic E-state index is -0.673. The Morgan fingerprint density at radius 2 is 0.933 bits per heavy atom. The summed E-state index contributed by atoms with van der Waals surface area (Å²) in [4.78, 5) is 16.0. The highest BCUT2D eigenvalue weighted by molar-refractivity contribution is 6.12. The zero-order valence-corrected chi connectivity index (χ0v) is 32.3. The second kappa shape index (κ2) is 12.5. The lowest BCUT2D eigenvalue weighted by Gasteiger charge is -2.40. The van der Waals surface area contributed by atoms with Crippen molar-refractivity contribution in [2.45, 2.75) is 5.41 Å². The molecule has 1 spiro atoms. The summed E-state index contributed by atoms with van der Waals surface area (Å²) in [7, 11) is 0. The zero-order chi connectivity index (χ0) is 39.4. The molecule has 0 unspecified atom stereocenters. The molecule has 0 atom stereocenters. The molecule has 0 radical (unpaired) electrons. The molecule has 278 valence electrons. The Morgan fingerprint density at radius 3 is 1.67 bits per heavy atom. The molecule has 1 aliphatic carbocycles. The highest BCUT2D eigenvalue weighted by Gasteiger charge is 2.51. The first-order chi connectivity index (χ1) is 29.7. The van der Waals surface area contributed by atoms with Gasteiger partial charge in [-0.3, -0.25) is 0 Å². The van der Waals surface area contributed by atoms with Crippen LogP contribution in [0.1, 0.15) is 22.3 Å². The zero-order valence-electron chi connectivity index (χ0n) is 32.3. The standard InChI is InChI=1S/C56H33N3O/c1-3-14-34(15-4-1)48-30-28-36-26-27-37-29-31-50(59-54(37)53(36)57-48)41-21-13-24-46-55(41)60-51-33-43-42(40-20-9-12-25-49(40)58-52(43)35-16-5-2-6-17-35)32-47(51)56(46)44-22-10-7-18-38(44)39-19-8-11-23-45(39)56/h1-33H. The maximum Gasteiger partial charge on any atom is 0.141 e. The van der Waals surface area contributed by atoms with Gasteiger partial charge >= 0.3 is 0 Å². The summed E-state index contributed by atoms with van der Waals surface area (Å²) in [5.74, 6) is 1.61. The van der Waals surface area contributed by atoms with Gasteiger partial charge in [0.1, 0.15) is 11.5 Å². The van der Waals surface area contributed by atoms with Gasteiger partial charge in [0.05, 0.1) is 39.0 Å². The third-order valence-electron chi connectivity index (χ3n) is 12.7. The Hall–Kier alpha value is -7.95. The molecule has 11 aromatic rings. The second-order valence-electron chi connectivity index (χ2n) is 15.8. The maximum atomic E-state index is 7.38. The van der Waals surface area contributed by atoms with Crippen LogP contribution in [0.4, 0.5) is 0 Å². The topological polar surface area (TPSA) is 47.9 Å². The fourth-order valence-corrected chi connectivity index (χ4v) is 10.1. The molecule has 8 aromatic carbocycles. The molecule has 3 aromatic heterocycles. The van der Waals surface area contributed by atoms with Crippen LogP contribution in [0.5, 0.6) is 11.5 Å². The van der Waals surface area contributed by atoms with Crippen molar-refractivity contribution in [2.24, 2.45) is 0 Å². The lowest BCUT2D eigenvalue weighted by atomic mass is 9.65. The van der Waals surface area contributed by atoms with Crippen molar-refractivity contribution < 1.29 is 4.74 Å². The summed E-state index contributed by atoms with van der Waals surface area (Å²) in [5, 5.41) is 5.39. The van der Waals surface area contributed by atoms with Gasteiger partial charge in [0.25, 0.3) is 0 Å². The van der Waals surface area contributed by atoms with E-state index in [4.69, 9.17) is 19.7 Å². The lowest BCUT2D eigenvalue weighted by Crippen LogP contribution is -2.32. The van der Waals surface area contributed by atoms with Crippen LogP contribution in [0, 0.1) is 0 Å². The molecule has 0 bridgehead atoms. The van der Waals surface area contributed by atoms with Crippen LogP contribution >= 0.6 is 0 Å². The van der Waals surface area contributed by atoms with Crippen molar-refractivity contribution in [2.75, 3.05) is 0 Å². The summed E-state index contributed by atoms with van der Waals surface area (Å²) in [6.07, 6.45) is 0. The van der Waals surface area contributed by atoms with Gasteiger partial charge < -0.3 is 4.74 Å². The van der Waals surface area contributed by atoms with Gasteiger partial charge in [-0.15, -0.1) is 0 Å². The van der Waals surface area contributed by atoms with Crippen molar-refractivity contribution in [1.82, 2.24) is 15.0 Å². The predicted molar refractivity (Wildman–Crippen MR) is 244 cm³/mol. The van der Waals surface area contributed by atoms with Gasteiger partial charge in [0.2, 0.25) is 0 Å².